The van der Waals surface area contributed by atoms with Gasteiger partial charge in [0.1, 0.15) is 0 Å². The van der Waals surface area contributed by atoms with Gasteiger partial charge in [-0.2, -0.15) is 5.10 Å². The van der Waals surface area contributed by atoms with Crippen LogP contribution in [0.4, 0.5) is 0 Å². The van der Waals surface area contributed by atoms with Gasteiger partial charge in [0, 0.05) is 12.0 Å². The van der Waals surface area contributed by atoms with Crippen molar-refractivity contribution in [3.63, 3.8) is 0 Å². The normalized spacial score (nSPS) is 13.2. The van der Waals surface area contributed by atoms with E-state index in [1.807, 2.05) is 10.9 Å². The molecule has 0 saturated heterocycles. The Morgan fingerprint density at radius 1 is 1.50 bits per heavy atom. The van der Waals surface area contributed by atoms with Gasteiger partial charge in [0.15, 0.2) is 5.75 Å². The van der Waals surface area contributed by atoms with Crippen LogP contribution in [0.1, 0.15) is 26.8 Å². The van der Waals surface area contributed by atoms with Gasteiger partial charge in [-0.05, 0) is 20.4 Å². The van der Waals surface area contributed by atoms with Crippen LogP contribution in [0.2, 0.25) is 0 Å². The maximum Gasteiger partial charge on any atom is 0.157 e. The topological polar surface area (TPSA) is 53.1 Å². The Kier molecular flexibility index (Phi) is 3.95. The second kappa shape index (κ2) is 5.00. The summed E-state index contributed by atoms with van der Waals surface area (Å²) in [5.41, 5.74) is 5.49. The summed E-state index contributed by atoms with van der Waals surface area (Å²) < 4.78 is 7.40. The first-order valence-corrected chi connectivity index (χ1v) is 5.00. The predicted molar refractivity (Wildman–Crippen MR) is 56.3 cm³/mol. The minimum absolute atomic E-state index is 0.374. The average molecular weight is 197 g/mol. The highest BCUT2D eigenvalue weighted by atomic mass is 16.5. The monoisotopic (exact) mass is 197 g/mol. The summed E-state index contributed by atoms with van der Waals surface area (Å²) in [6, 6.07) is 0.374. The maximum atomic E-state index is 5.53. The molecule has 0 amide bonds. The number of ether oxygens (including phenoxy) is 1. The van der Waals surface area contributed by atoms with E-state index in [4.69, 9.17) is 10.5 Å². The first-order chi connectivity index (χ1) is 6.63. The fourth-order valence-corrected chi connectivity index (χ4v) is 0.984. The van der Waals surface area contributed by atoms with Gasteiger partial charge in [-0.25, -0.2) is 0 Å². The Hall–Kier alpha value is -1.03. The molecule has 0 aliphatic carbocycles. The van der Waals surface area contributed by atoms with E-state index in [0.29, 0.717) is 25.1 Å². The summed E-state index contributed by atoms with van der Waals surface area (Å²) >= 11 is 0. The van der Waals surface area contributed by atoms with E-state index in [1.54, 1.807) is 6.20 Å². The number of rotatable bonds is 5. The third-order valence-corrected chi connectivity index (χ3v) is 2.04. The molecule has 4 nitrogen and oxygen atoms in total. The third-order valence-electron chi connectivity index (χ3n) is 2.04. The molecule has 0 aliphatic rings. The zero-order valence-corrected chi connectivity index (χ0v) is 9.10. The molecule has 80 valence electrons. The molecule has 0 aliphatic heterocycles. The molecule has 1 aromatic heterocycles. The maximum absolute atomic E-state index is 5.53. The first-order valence-electron chi connectivity index (χ1n) is 5.00. The smallest absolute Gasteiger partial charge is 0.157 e. The Morgan fingerprint density at radius 2 is 2.21 bits per heavy atom. The highest BCUT2D eigenvalue weighted by Gasteiger charge is 2.04. The van der Waals surface area contributed by atoms with Crippen LogP contribution in [0.3, 0.4) is 0 Å². The molecule has 1 rings (SSSR count). The Balaban J connectivity index is 2.44. The molecule has 0 aromatic carbocycles. The van der Waals surface area contributed by atoms with Crippen LogP contribution in [0.5, 0.6) is 5.75 Å². The van der Waals surface area contributed by atoms with E-state index >= 15 is 0 Å². The van der Waals surface area contributed by atoms with E-state index in [2.05, 4.69) is 25.9 Å². The first kappa shape index (κ1) is 11.0. The van der Waals surface area contributed by atoms with Crippen LogP contribution in [0, 0.1) is 5.92 Å². The lowest BCUT2D eigenvalue weighted by Crippen LogP contribution is -2.18. The lowest BCUT2D eigenvalue weighted by Gasteiger charge is -2.08. The van der Waals surface area contributed by atoms with Crippen molar-refractivity contribution in [2.45, 2.75) is 26.8 Å². The number of hydrogen-bond donors (Lipinski definition) is 1. The number of aromatic nitrogens is 2. The van der Waals surface area contributed by atoms with Gasteiger partial charge in [-0.15, -0.1) is 0 Å². The van der Waals surface area contributed by atoms with Crippen molar-refractivity contribution < 1.29 is 4.74 Å². The van der Waals surface area contributed by atoms with E-state index < -0.39 is 0 Å². The molecular formula is C10H19N3O. The molecule has 14 heavy (non-hydrogen) atoms. The molecule has 0 saturated carbocycles. The predicted octanol–water partition coefficient (Wildman–Crippen LogP) is 1.44. The molecule has 1 atom stereocenters. The minimum atomic E-state index is 0.374. The van der Waals surface area contributed by atoms with Crippen molar-refractivity contribution in [3.05, 3.63) is 12.4 Å². The largest absolute Gasteiger partial charge is 0.490 e. The summed E-state index contributed by atoms with van der Waals surface area (Å²) in [5.74, 6) is 1.20. The van der Waals surface area contributed by atoms with Crippen molar-refractivity contribution in [2.75, 3.05) is 13.2 Å². The zero-order valence-electron chi connectivity index (χ0n) is 9.10. The summed E-state index contributed by atoms with van der Waals surface area (Å²) in [4.78, 5) is 0. The van der Waals surface area contributed by atoms with Crippen LogP contribution >= 0.6 is 0 Å². The van der Waals surface area contributed by atoms with E-state index in [9.17, 15) is 0 Å². The Labute approximate surface area is 85.0 Å². The van der Waals surface area contributed by atoms with E-state index in [1.165, 1.54) is 0 Å². The zero-order chi connectivity index (χ0) is 10.6. The average Bonchev–Trinajstić information content (AvgIpc) is 2.62. The van der Waals surface area contributed by atoms with Crippen molar-refractivity contribution in [3.8, 4) is 5.75 Å². The molecule has 0 fully saturated rings. The van der Waals surface area contributed by atoms with Crippen molar-refractivity contribution in [1.29, 1.82) is 0 Å². The minimum Gasteiger partial charge on any atom is -0.490 e. The highest BCUT2D eigenvalue weighted by molar-refractivity contribution is 5.11. The van der Waals surface area contributed by atoms with Crippen molar-refractivity contribution in [2.24, 2.45) is 11.7 Å². The third kappa shape index (κ3) is 3.03. The second-order valence-electron chi connectivity index (χ2n) is 3.90. The summed E-state index contributed by atoms with van der Waals surface area (Å²) in [5, 5.41) is 4.18. The van der Waals surface area contributed by atoms with Crippen LogP contribution in [0.25, 0.3) is 0 Å². The Morgan fingerprint density at radius 3 is 2.71 bits per heavy atom. The van der Waals surface area contributed by atoms with Gasteiger partial charge in [0.25, 0.3) is 0 Å². The summed E-state index contributed by atoms with van der Waals surface area (Å²) in [6.07, 6.45) is 3.65. The fourth-order valence-electron chi connectivity index (χ4n) is 0.984. The molecule has 0 spiro atoms. The molecule has 1 heterocycles. The van der Waals surface area contributed by atoms with Gasteiger partial charge in [-0.1, -0.05) is 6.92 Å². The fraction of sp³-hybridized carbons (Fsp3) is 0.700. The van der Waals surface area contributed by atoms with Gasteiger partial charge in [0.2, 0.25) is 0 Å². The molecule has 4 heteroatoms. The molecule has 1 unspecified atom stereocenters. The molecule has 0 bridgehead atoms. The number of hydrogen-bond acceptors (Lipinski definition) is 3. The summed E-state index contributed by atoms with van der Waals surface area (Å²) in [6.45, 7) is 7.53. The lowest BCUT2D eigenvalue weighted by molar-refractivity contribution is 0.263. The summed E-state index contributed by atoms with van der Waals surface area (Å²) in [7, 11) is 0. The lowest BCUT2D eigenvalue weighted by atomic mass is 10.2. The van der Waals surface area contributed by atoms with E-state index in [-0.39, 0.29) is 0 Å². The van der Waals surface area contributed by atoms with Gasteiger partial charge in [0.05, 0.1) is 19.0 Å². The quantitative estimate of drug-likeness (QED) is 0.777. The van der Waals surface area contributed by atoms with Crippen LogP contribution < -0.4 is 10.5 Å². The standard InChI is InChI=1S/C10H19N3O/c1-8(2)13-6-10(5-12-13)14-7-9(3)4-11/h5-6,8-9H,4,7,11H2,1-3H3. The van der Waals surface area contributed by atoms with Crippen molar-refractivity contribution >= 4 is 0 Å². The number of nitrogens with zero attached hydrogens (tertiary/aromatic N) is 2. The molecule has 2 N–H and O–H groups in total. The van der Waals surface area contributed by atoms with E-state index in [0.717, 1.165) is 5.75 Å². The van der Waals surface area contributed by atoms with Crippen LogP contribution in [0.15, 0.2) is 12.4 Å². The SMILES string of the molecule is CC(CN)COc1cnn(C(C)C)c1. The Bertz CT molecular complexity index is 270. The van der Waals surface area contributed by atoms with Crippen molar-refractivity contribution in [1.82, 2.24) is 9.78 Å². The molecular weight excluding hydrogens is 178 g/mol. The molecule has 1 aromatic rings. The van der Waals surface area contributed by atoms with Gasteiger partial charge >= 0.3 is 0 Å². The highest BCUT2D eigenvalue weighted by Crippen LogP contribution is 2.12. The van der Waals surface area contributed by atoms with Crippen LogP contribution in [-0.2, 0) is 0 Å². The van der Waals surface area contributed by atoms with Gasteiger partial charge < -0.3 is 10.5 Å². The second-order valence-corrected chi connectivity index (χ2v) is 3.90. The number of nitrogens with two attached hydrogens (primary N) is 1. The van der Waals surface area contributed by atoms with Gasteiger partial charge in [-0.3, -0.25) is 4.68 Å². The van der Waals surface area contributed by atoms with Crippen LogP contribution in [-0.4, -0.2) is 22.9 Å². The molecule has 0 radical (unpaired) electrons.